The van der Waals surface area contributed by atoms with Gasteiger partial charge in [-0.2, -0.15) is 0 Å². The van der Waals surface area contributed by atoms with Crippen molar-refractivity contribution in [3.05, 3.63) is 0 Å². The number of ether oxygens (including phenoxy) is 2. The topological polar surface area (TPSA) is 71.1 Å². The van der Waals surface area contributed by atoms with Crippen LogP contribution in [-0.4, -0.2) is 78.9 Å². The summed E-state index contributed by atoms with van der Waals surface area (Å²) in [6.07, 6.45) is 3.67. The van der Waals surface area contributed by atoms with Crippen molar-refractivity contribution < 1.29 is 19.1 Å². The first kappa shape index (κ1) is 21.0. The first-order chi connectivity index (χ1) is 12.3. The Balaban J connectivity index is 1.96. The van der Waals surface area contributed by atoms with Crippen molar-refractivity contribution in [1.82, 2.24) is 15.1 Å². The van der Waals surface area contributed by atoms with E-state index in [0.29, 0.717) is 12.6 Å². The molecule has 0 radical (unpaired) electrons. The van der Waals surface area contributed by atoms with Gasteiger partial charge < -0.3 is 19.7 Å². The van der Waals surface area contributed by atoms with Gasteiger partial charge in [-0.25, -0.2) is 4.79 Å². The third kappa shape index (κ3) is 6.43. The first-order valence-electron chi connectivity index (χ1n) is 9.90. The van der Waals surface area contributed by atoms with Crippen LogP contribution in [0.15, 0.2) is 0 Å². The normalized spacial score (nSPS) is 20.6. The molecule has 0 aromatic heterocycles. The van der Waals surface area contributed by atoms with Crippen molar-refractivity contribution in [2.24, 2.45) is 0 Å². The van der Waals surface area contributed by atoms with Gasteiger partial charge in [-0.1, -0.05) is 0 Å². The number of nitrogens with one attached hydrogen (secondary N) is 1. The third-order valence-corrected chi connectivity index (χ3v) is 5.00. The largest absolute Gasteiger partial charge is 0.465 e. The summed E-state index contributed by atoms with van der Waals surface area (Å²) in [6.45, 7) is 11.6. The Kier molecular flexibility index (Phi) is 7.70. The number of hydrogen-bond acceptors (Lipinski definition) is 6. The molecule has 0 aromatic rings. The highest BCUT2D eigenvalue weighted by Crippen LogP contribution is 2.23. The van der Waals surface area contributed by atoms with Crippen molar-refractivity contribution in [2.45, 2.75) is 71.1 Å². The van der Waals surface area contributed by atoms with Gasteiger partial charge in [0.2, 0.25) is 0 Å². The predicted octanol–water partition coefficient (Wildman–Crippen LogP) is 2.00. The number of likely N-dealkylation sites (tertiary alicyclic amines) is 1. The minimum atomic E-state index is -0.584. The number of hydrogen-bond donors (Lipinski definition) is 1. The third-order valence-electron chi connectivity index (χ3n) is 5.00. The minimum Gasteiger partial charge on any atom is -0.465 e. The Bertz CT molecular complexity index is 464. The number of amides is 1. The average Bonchev–Trinajstić information content (AvgIpc) is 2.59. The fraction of sp³-hybridized carbons (Fsp3) is 0.895. The second kappa shape index (κ2) is 9.55. The zero-order valence-corrected chi connectivity index (χ0v) is 16.8. The first-order valence-corrected chi connectivity index (χ1v) is 9.90. The summed E-state index contributed by atoms with van der Waals surface area (Å²) in [4.78, 5) is 28.8. The Morgan fingerprint density at radius 3 is 2.27 bits per heavy atom. The molecule has 26 heavy (non-hydrogen) atoms. The molecule has 7 nitrogen and oxygen atoms in total. The maximum atomic E-state index is 12.7. The molecule has 0 unspecified atom stereocenters. The average molecular weight is 370 g/mol. The van der Waals surface area contributed by atoms with E-state index in [2.05, 4.69) is 10.2 Å². The van der Waals surface area contributed by atoms with Gasteiger partial charge in [0.1, 0.15) is 12.1 Å². The molecule has 2 aliphatic heterocycles. The second-order valence-electron chi connectivity index (χ2n) is 8.16. The highest BCUT2D eigenvalue weighted by molar-refractivity contribution is 5.78. The van der Waals surface area contributed by atoms with Crippen molar-refractivity contribution in [3.8, 4) is 0 Å². The molecule has 0 bridgehead atoms. The molecule has 0 aliphatic carbocycles. The van der Waals surface area contributed by atoms with E-state index in [4.69, 9.17) is 9.47 Å². The molecule has 2 rings (SSSR count). The van der Waals surface area contributed by atoms with Gasteiger partial charge in [0.15, 0.2) is 0 Å². The maximum absolute atomic E-state index is 12.7. The Morgan fingerprint density at radius 1 is 1.12 bits per heavy atom. The lowest BCUT2D eigenvalue weighted by atomic mass is 9.98. The van der Waals surface area contributed by atoms with Crippen LogP contribution in [0.3, 0.4) is 0 Å². The summed E-state index contributed by atoms with van der Waals surface area (Å²) in [6, 6.07) is 0.657. The van der Waals surface area contributed by atoms with Crippen molar-refractivity contribution >= 4 is 12.1 Å². The molecule has 0 atom stereocenters. The van der Waals surface area contributed by atoms with Crippen LogP contribution in [0, 0.1) is 0 Å². The lowest BCUT2D eigenvalue weighted by Gasteiger charge is -2.42. The lowest BCUT2D eigenvalue weighted by molar-refractivity contribution is -0.145. The van der Waals surface area contributed by atoms with Gasteiger partial charge in [-0.3, -0.25) is 9.69 Å². The van der Waals surface area contributed by atoms with Gasteiger partial charge in [0, 0.05) is 25.2 Å². The Labute approximate surface area is 157 Å². The number of piperidine rings is 2. The second-order valence-corrected chi connectivity index (χ2v) is 8.16. The van der Waals surface area contributed by atoms with E-state index in [1.807, 2.05) is 20.8 Å². The predicted molar refractivity (Wildman–Crippen MR) is 100 cm³/mol. The van der Waals surface area contributed by atoms with E-state index in [9.17, 15) is 9.59 Å². The molecule has 2 fully saturated rings. The molecule has 2 saturated heterocycles. The Hall–Kier alpha value is -1.34. The number of nitrogens with zero attached hydrogens (tertiary/aromatic N) is 2. The van der Waals surface area contributed by atoms with Crippen molar-refractivity contribution in [3.63, 3.8) is 0 Å². The smallest absolute Gasteiger partial charge is 0.411 e. The molecule has 2 aliphatic rings. The van der Waals surface area contributed by atoms with E-state index >= 15 is 0 Å². The molecule has 0 spiro atoms. The molecule has 2 heterocycles. The van der Waals surface area contributed by atoms with Crippen LogP contribution in [0.5, 0.6) is 0 Å². The molecule has 0 aromatic carbocycles. The van der Waals surface area contributed by atoms with Crippen LogP contribution in [0.25, 0.3) is 0 Å². The van der Waals surface area contributed by atoms with Gasteiger partial charge in [0.25, 0.3) is 0 Å². The summed E-state index contributed by atoms with van der Waals surface area (Å²) in [5.74, 6) is -0.376. The van der Waals surface area contributed by atoms with Crippen LogP contribution >= 0.6 is 0 Å². The zero-order chi connectivity index (χ0) is 19.2. The standard InChI is InChI=1S/C19H35N3O4/c1-5-25-17(23)14-22(18(24)26-19(2,3)4)16-8-12-21(13-9-16)15-6-10-20-11-7-15/h15-16,20H,5-14H2,1-4H3. The van der Waals surface area contributed by atoms with Crippen LogP contribution < -0.4 is 5.32 Å². The Morgan fingerprint density at radius 2 is 1.73 bits per heavy atom. The quantitative estimate of drug-likeness (QED) is 0.748. The lowest BCUT2D eigenvalue weighted by Crippen LogP contribution is -2.53. The van der Waals surface area contributed by atoms with Crippen LogP contribution in [0.4, 0.5) is 4.79 Å². The fourth-order valence-corrected chi connectivity index (χ4v) is 3.74. The van der Waals surface area contributed by atoms with Gasteiger partial charge in [0.05, 0.1) is 6.61 Å². The molecule has 1 amide bonds. The highest BCUT2D eigenvalue weighted by Gasteiger charge is 2.34. The highest BCUT2D eigenvalue weighted by atomic mass is 16.6. The van der Waals surface area contributed by atoms with Gasteiger partial charge in [-0.05, 0) is 66.5 Å². The van der Waals surface area contributed by atoms with E-state index < -0.39 is 11.7 Å². The molecule has 7 heteroatoms. The van der Waals surface area contributed by atoms with E-state index in [1.54, 1.807) is 11.8 Å². The zero-order valence-electron chi connectivity index (χ0n) is 16.8. The monoisotopic (exact) mass is 369 g/mol. The molecule has 150 valence electrons. The van der Waals surface area contributed by atoms with E-state index in [-0.39, 0.29) is 18.6 Å². The fourth-order valence-electron chi connectivity index (χ4n) is 3.74. The van der Waals surface area contributed by atoms with Crippen LogP contribution in [-0.2, 0) is 14.3 Å². The van der Waals surface area contributed by atoms with Crippen LogP contribution in [0.2, 0.25) is 0 Å². The maximum Gasteiger partial charge on any atom is 0.411 e. The van der Waals surface area contributed by atoms with Crippen molar-refractivity contribution in [1.29, 1.82) is 0 Å². The summed E-state index contributed by atoms with van der Waals surface area (Å²) in [5, 5.41) is 3.40. The number of carbonyl (C=O) groups excluding carboxylic acids is 2. The molecular weight excluding hydrogens is 334 g/mol. The molecular formula is C19H35N3O4. The summed E-state index contributed by atoms with van der Waals surface area (Å²) in [5.41, 5.74) is -0.584. The van der Waals surface area contributed by atoms with Gasteiger partial charge >= 0.3 is 12.1 Å². The molecule has 0 saturated carbocycles. The van der Waals surface area contributed by atoms with Crippen LogP contribution in [0.1, 0.15) is 53.4 Å². The summed E-state index contributed by atoms with van der Waals surface area (Å²) >= 11 is 0. The summed E-state index contributed by atoms with van der Waals surface area (Å²) < 4.78 is 10.6. The van der Waals surface area contributed by atoms with E-state index in [0.717, 1.165) is 39.0 Å². The van der Waals surface area contributed by atoms with Crippen molar-refractivity contribution in [2.75, 3.05) is 39.3 Å². The minimum absolute atomic E-state index is 0.0206. The summed E-state index contributed by atoms with van der Waals surface area (Å²) in [7, 11) is 0. The van der Waals surface area contributed by atoms with E-state index in [1.165, 1.54) is 12.8 Å². The van der Waals surface area contributed by atoms with Gasteiger partial charge in [-0.15, -0.1) is 0 Å². The molecule has 1 N–H and O–H groups in total. The SMILES string of the molecule is CCOC(=O)CN(C(=O)OC(C)(C)C)C1CCN(C2CCNCC2)CC1. The number of carbonyl (C=O) groups is 2. The number of rotatable bonds is 5. The number of esters is 1.